The van der Waals surface area contributed by atoms with E-state index in [-0.39, 0.29) is 5.92 Å². The standard InChI is InChI=1S/C14H26O2/c1-12(2)14(13(15)16)10-8-6-4-3-5-7-9-11-14/h12H,3-11H2,1-2H3,(H,15,16). The zero-order chi connectivity index (χ0) is 12.0. The lowest BCUT2D eigenvalue weighted by atomic mass is 9.69. The van der Waals surface area contributed by atoms with Crippen LogP contribution in [0, 0.1) is 11.3 Å². The van der Waals surface area contributed by atoms with Crippen molar-refractivity contribution in [3.63, 3.8) is 0 Å². The number of hydrogen-bond acceptors (Lipinski definition) is 1. The van der Waals surface area contributed by atoms with Crippen LogP contribution in [0.3, 0.4) is 0 Å². The van der Waals surface area contributed by atoms with Crippen LogP contribution in [0.1, 0.15) is 71.6 Å². The predicted octanol–water partition coefficient (Wildman–Crippen LogP) is 4.24. The first-order valence-electron chi connectivity index (χ1n) is 6.83. The van der Waals surface area contributed by atoms with Crippen LogP contribution in [0.2, 0.25) is 0 Å². The van der Waals surface area contributed by atoms with Crippen molar-refractivity contribution in [3.05, 3.63) is 0 Å². The Morgan fingerprint density at radius 2 is 1.31 bits per heavy atom. The van der Waals surface area contributed by atoms with Gasteiger partial charge in [0.1, 0.15) is 0 Å². The maximum absolute atomic E-state index is 11.6. The van der Waals surface area contributed by atoms with E-state index in [0.29, 0.717) is 0 Å². The van der Waals surface area contributed by atoms with Crippen molar-refractivity contribution >= 4 is 5.97 Å². The van der Waals surface area contributed by atoms with Gasteiger partial charge in [-0.3, -0.25) is 4.79 Å². The lowest BCUT2D eigenvalue weighted by Gasteiger charge is -2.34. The van der Waals surface area contributed by atoms with Gasteiger partial charge in [-0.05, 0) is 18.8 Å². The van der Waals surface area contributed by atoms with Gasteiger partial charge >= 0.3 is 5.97 Å². The first kappa shape index (κ1) is 13.5. The largest absolute Gasteiger partial charge is 0.481 e. The van der Waals surface area contributed by atoms with Gasteiger partial charge in [0.05, 0.1) is 5.41 Å². The molecular formula is C14H26O2. The highest BCUT2D eigenvalue weighted by molar-refractivity contribution is 5.74. The molecular weight excluding hydrogens is 200 g/mol. The molecule has 2 heteroatoms. The molecule has 94 valence electrons. The van der Waals surface area contributed by atoms with E-state index in [4.69, 9.17) is 0 Å². The van der Waals surface area contributed by atoms with Crippen molar-refractivity contribution in [3.8, 4) is 0 Å². The van der Waals surface area contributed by atoms with Gasteiger partial charge in [0.25, 0.3) is 0 Å². The van der Waals surface area contributed by atoms with Gasteiger partial charge < -0.3 is 5.11 Å². The molecule has 0 aromatic carbocycles. The Labute approximate surface area is 99.4 Å². The highest BCUT2D eigenvalue weighted by atomic mass is 16.4. The summed E-state index contributed by atoms with van der Waals surface area (Å²) in [6.45, 7) is 4.14. The van der Waals surface area contributed by atoms with Crippen LogP contribution in [0.4, 0.5) is 0 Å². The third-order valence-electron chi connectivity index (χ3n) is 4.28. The molecule has 1 saturated carbocycles. The summed E-state index contributed by atoms with van der Waals surface area (Å²) in [6, 6.07) is 0. The minimum atomic E-state index is -0.567. The van der Waals surface area contributed by atoms with Gasteiger partial charge in [-0.25, -0.2) is 0 Å². The fraction of sp³-hybridized carbons (Fsp3) is 0.929. The fourth-order valence-corrected chi connectivity index (χ4v) is 2.93. The lowest BCUT2D eigenvalue weighted by molar-refractivity contribution is -0.153. The third-order valence-corrected chi connectivity index (χ3v) is 4.28. The van der Waals surface area contributed by atoms with Crippen LogP contribution in [-0.4, -0.2) is 11.1 Å². The average Bonchev–Trinajstić information content (AvgIpc) is 2.24. The number of hydrogen-bond donors (Lipinski definition) is 1. The smallest absolute Gasteiger partial charge is 0.309 e. The Hall–Kier alpha value is -0.530. The maximum Gasteiger partial charge on any atom is 0.309 e. The Morgan fingerprint density at radius 1 is 0.938 bits per heavy atom. The van der Waals surface area contributed by atoms with Crippen LogP contribution < -0.4 is 0 Å². The minimum Gasteiger partial charge on any atom is -0.481 e. The topological polar surface area (TPSA) is 37.3 Å². The van der Waals surface area contributed by atoms with E-state index < -0.39 is 11.4 Å². The number of aliphatic carboxylic acids is 1. The monoisotopic (exact) mass is 226 g/mol. The molecule has 16 heavy (non-hydrogen) atoms. The highest BCUT2D eigenvalue weighted by Crippen LogP contribution is 2.40. The van der Waals surface area contributed by atoms with Gasteiger partial charge in [0, 0.05) is 0 Å². The normalized spacial score (nSPS) is 22.9. The number of carbonyl (C=O) groups is 1. The van der Waals surface area contributed by atoms with E-state index in [1.165, 1.54) is 32.1 Å². The van der Waals surface area contributed by atoms with E-state index in [2.05, 4.69) is 13.8 Å². The van der Waals surface area contributed by atoms with Crippen LogP contribution in [0.15, 0.2) is 0 Å². The molecule has 1 aliphatic carbocycles. The van der Waals surface area contributed by atoms with E-state index in [9.17, 15) is 9.90 Å². The first-order valence-corrected chi connectivity index (χ1v) is 6.83. The molecule has 0 atom stereocenters. The molecule has 2 nitrogen and oxygen atoms in total. The molecule has 0 radical (unpaired) electrons. The Morgan fingerprint density at radius 3 is 1.62 bits per heavy atom. The zero-order valence-electron chi connectivity index (χ0n) is 10.8. The van der Waals surface area contributed by atoms with E-state index in [0.717, 1.165) is 25.7 Å². The summed E-state index contributed by atoms with van der Waals surface area (Å²) in [4.78, 5) is 11.6. The predicted molar refractivity (Wildman–Crippen MR) is 66.5 cm³/mol. The Kier molecular flexibility index (Phi) is 5.30. The second-order valence-electron chi connectivity index (χ2n) is 5.59. The number of carboxylic acid groups (broad SMARTS) is 1. The molecule has 0 heterocycles. The van der Waals surface area contributed by atoms with Crippen LogP contribution >= 0.6 is 0 Å². The third kappa shape index (κ3) is 3.23. The summed E-state index contributed by atoms with van der Waals surface area (Å²) < 4.78 is 0. The van der Waals surface area contributed by atoms with Crippen molar-refractivity contribution < 1.29 is 9.90 Å². The minimum absolute atomic E-state index is 0.254. The van der Waals surface area contributed by atoms with Gasteiger partial charge in [0.15, 0.2) is 0 Å². The van der Waals surface area contributed by atoms with Crippen LogP contribution in [0.25, 0.3) is 0 Å². The summed E-state index contributed by atoms with van der Waals surface area (Å²) in [7, 11) is 0. The first-order chi connectivity index (χ1) is 7.59. The van der Waals surface area contributed by atoms with E-state index in [1.54, 1.807) is 0 Å². The molecule has 1 N–H and O–H groups in total. The van der Waals surface area contributed by atoms with Gasteiger partial charge in [0.2, 0.25) is 0 Å². The molecule has 0 saturated heterocycles. The molecule has 0 aromatic heterocycles. The van der Waals surface area contributed by atoms with Gasteiger partial charge in [-0.1, -0.05) is 58.8 Å². The zero-order valence-corrected chi connectivity index (χ0v) is 10.8. The average molecular weight is 226 g/mol. The molecule has 1 aliphatic rings. The molecule has 0 unspecified atom stereocenters. The Bertz CT molecular complexity index is 211. The highest BCUT2D eigenvalue weighted by Gasteiger charge is 2.40. The summed E-state index contributed by atoms with van der Waals surface area (Å²) in [6.07, 6.45) is 10.3. The molecule has 0 amide bonds. The van der Waals surface area contributed by atoms with Crippen molar-refractivity contribution in [2.24, 2.45) is 11.3 Å². The Balaban J connectivity index is 2.72. The molecule has 0 aliphatic heterocycles. The maximum atomic E-state index is 11.6. The van der Waals surface area contributed by atoms with Crippen molar-refractivity contribution in [1.82, 2.24) is 0 Å². The van der Waals surface area contributed by atoms with Crippen LogP contribution in [0.5, 0.6) is 0 Å². The second kappa shape index (κ2) is 6.27. The molecule has 1 rings (SSSR count). The molecule has 0 bridgehead atoms. The summed E-state index contributed by atoms with van der Waals surface area (Å²) >= 11 is 0. The van der Waals surface area contributed by atoms with Crippen molar-refractivity contribution in [1.29, 1.82) is 0 Å². The fourth-order valence-electron chi connectivity index (χ4n) is 2.93. The van der Waals surface area contributed by atoms with Crippen molar-refractivity contribution in [2.75, 3.05) is 0 Å². The van der Waals surface area contributed by atoms with Gasteiger partial charge in [-0.2, -0.15) is 0 Å². The van der Waals surface area contributed by atoms with Gasteiger partial charge in [-0.15, -0.1) is 0 Å². The molecule has 0 aromatic rings. The van der Waals surface area contributed by atoms with E-state index in [1.807, 2.05) is 0 Å². The summed E-state index contributed by atoms with van der Waals surface area (Å²) in [5.41, 5.74) is -0.447. The summed E-state index contributed by atoms with van der Waals surface area (Å²) in [5.74, 6) is -0.312. The molecule has 0 spiro atoms. The second-order valence-corrected chi connectivity index (χ2v) is 5.59. The lowest BCUT2D eigenvalue weighted by Crippen LogP contribution is -2.36. The summed E-state index contributed by atoms with van der Waals surface area (Å²) in [5, 5.41) is 9.54. The van der Waals surface area contributed by atoms with Crippen LogP contribution in [-0.2, 0) is 4.79 Å². The SMILES string of the molecule is CC(C)C1(C(=O)O)CCCCCCCCC1. The quantitative estimate of drug-likeness (QED) is 0.764. The molecule has 1 fully saturated rings. The van der Waals surface area contributed by atoms with E-state index >= 15 is 0 Å². The number of carboxylic acids is 1. The van der Waals surface area contributed by atoms with Crippen molar-refractivity contribution in [2.45, 2.75) is 71.6 Å². The number of rotatable bonds is 2.